The maximum atomic E-state index is 11.7. The first-order chi connectivity index (χ1) is 13.3. The Bertz CT molecular complexity index is 1290. The van der Waals surface area contributed by atoms with Crippen LogP contribution in [0, 0.1) is 0 Å². The number of anilines is 1. The zero-order valence-electron chi connectivity index (χ0n) is 16.1. The number of aromatic amines is 1. The summed E-state index contributed by atoms with van der Waals surface area (Å²) in [7, 11) is 2.03. The van der Waals surface area contributed by atoms with Crippen LogP contribution in [0.15, 0.2) is 30.6 Å². The number of sulfonamides is 1. The number of hydrogen-bond donors (Lipinski definition) is 2. The molecule has 0 aliphatic carbocycles. The third-order valence-electron chi connectivity index (χ3n) is 4.71. The second-order valence-corrected chi connectivity index (χ2v) is 8.83. The van der Waals surface area contributed by atoms with Crippen molar-refractivity contribution in [2.45, 2.75) is 6.54 Å². The molecule has 2 N–H and O–H groups in total. The van der Waals surface area contributed by atoms with Gasteiger partial charge in [-0.1, -0.05) is 6.07 Å². The highest BCUT2D eigenvalue weighted by Crippen LogP contribution is 2.31. The average molecular weight is 399 g/mol. The lowest BCUT2D eigenvalue weighted by Crippen LogP contribution is -2.25. The topological polar surface area (TPSA) is 109 Å². The van der Waals surface area contributed by atoms with Gasteiger partial charge >= 0.3 is 0 Å². The van der Waals surface area contributed by atoms with Gasteiger partial charge in [-0.15, -0.1) is 0 Å². The summed E-state index contributed by atoms with van der Waals surface area (Å²) < 4.78 is 26.6. The Morgan fingerprint density at radius 3 is 2.79 bits per heavy atom. The van der Waals surface area contributed by atoms with Gasteiger partial charge in [-0.25, -0.2) is 23.4 Å². The molecule has 0 fully saturated rings. The molecular weight excluding hydrogens is 378 g/mol. The van der Waals surface area contributed by atoms with Gasteiger partial charge in [0.1, 0.15) is 11.2 Å². The Kier molecular flexibility index (Phi) is 4.31. The average Bonchev–Trinajstić information content (AvgIpc) is 3.24. The highest BCUT2D eigenvalue weighted by molar-refractivity contribution is 7.88. The second kappa shape index (κ2) is 6.57. The van der Waals surface area contributed by atoms with E-state index in [-0.39, 0.29) is 6.54 Å². The van der Waals surface area contributed by atoms with Crippen LogP contribution in [0.4, 0.5) is 5.82 Å². The number of nitrogens with zero attached hydrogens (tertiary/aromatic N) is 5. The van der Waals surface area contributed by atoms with E-state index in [1.54, 1.807) is 6.33 Å². The van der Waals surface area contributed by atoms with Crippen LogP contribution in [-0.4, -0.2) is 57.6 Å². The third kappa shape index (κ3) is 3.10. The smallest absolute Gasteiger partial charge is 0.211 e. The molecule has 0 unspecified atom stereocenters. The molecule has 4 heterocycles. The highest BCUT2D eigenvalue weighted by Gasteiger charge is 2.16. The lowest BCUT2D eigenvalue weighted by Gasteiger charge is -2.13. The molecule has 0 radical (unpaired) electrons. The van der Waals surface area contributed by atoms with E-state index >= 15 is 0 Å². The number of aromatic nitrogens is 5. The molecule has 4 aromatic rings. The number of pyridine rings is 2. The highest BCUT2D eigenvalue weighted by atomic mass is 32.2. The van der Waals surface area contributed by atoms with Crippen LogP contribution < -0.4 is 5.32 Å². The zero-order chi connectivity index (χ0) is 20.1. The number of H-pyrrole nitrogens is 1. The van der Waals surface area contributed by atoms with Gasteiger partial charge in [0, 0.05) is 26.5 Å². The fourth-order valence-electron chi connectivity index (χ4n) is 3.17. The molecule has 9 nitrogen and oxygen atoms in total. The molecule has 10 heteroatoms. The molecule has 0 atom stereocenters. The summed E-state index contributed by atoms with van der Waals surface area (Å²) in [5, 5.41) is 4.03. The van der Waals surface area contributed by atoms with Gasteiger partial charge in [-0.3, -0.25) is 0 Å². The Labute approximate surface area is 162 Å². The summed E-state index contributed by atoms with van der Waals surface area (Å²) in [6.45, 7) is 0.209. The van der Waals surface area contributed by atoms with Crippen LogP contribution >= 0.6 is 0 Å². The van der Waals surface area contributed by atoms with Gasteiger partial charge in [0.15, 0.2) is 5.82 Å². The minimum absolute atomic E-state index is 0.209. The van der Waals surface area contributed by atoms with Gasteiger partial charge in [0.05, 0.1) is 41.7 Å². The fourth-order valence-corrected chi connectivity index (χ4v) is 3.54. The molecule has 0 aliphatic rings. The van der Waals surface area contributed by atoms with Crippen molar-refractivity contribution in [3.63, 3.8) is 0 Å². The van der Waals surface area contributed by atoms with E-state index in [4.69, 9.17) is 0 Å². The van der Waals surface area contributed by atoms with Crippen LogP contribution in [-0.2, 0) is 23.6 Å². The molecule has 4 rings (SSSR count). The van der Waals surface area contributed by atoms with E-state index in [1.165, 1.54) is 17.6 Å². The third-order valence-corrected chi connectivity index (χ3v) is 5.97. The van der Waals surface area contributed by atoms with E-state index in [0.717, 1.165) is 33.5 Å². The molecule has 0 spiro atoms. The maximum Gasteiger partial charge on any atom is 0.211 e. The maximum absolute atomic E-state index is 11.7. The summed E-state index contributed by atoms with van der Waals surface area (Å²) in [5.41, 5.74) is 4.71. The first-order valence-corrected chi connectivity index (χ1v) is 10.5. The minimum Gasteiger partial charge on any atom is -0.371 e. The lowest BCUT2D eigenvalue weighted by molar-refractivity contribution is 0.467. The lowest BCUT2D eigenvalue weighted by atomic mass is 10.2. The van der Waals surface area contributed by atoms with Crippen molar-refractivity contribution in [2.75, 3.05) is 25.7 Å². The Hall–Kier alpha value is -2.98. The first-order valence-electron chi connectivity index (χ1n) is 8.67. The number of fused-ring (bicyclic) bond motifs is 3. The van der Waals surface area contributed by atoms with Crippen LogP contribution in [0.2, 0.25) is 0 Å². The number of rotatable bonds is 5. The summed E-state index contributed by atoms with van der Waals surface area (Å²) in [6.07, 6.45) is 2.94. The summed E-state index contributed by atoms with van der Waals surface area (Å²) in [5.74, 6) is 0.702. The summed E-state index contributed by atoms with van der Waals surface area (Å²) >= 11 is 0. The molecule has 4 aromatic heterocycles. The monoisotopic (exact) mass is 399 g/mol. The first kappa shape index (κ1) is 18.4. The number of nitrogens with one attached hydrogen (secondary N) is 2. The van der Waals surface area contributed by atoms with Crippen LogP contribution in [0.3, 0.4) is 0 Å². The van der Waals surface area contributed by atoms with Crippen molar-refractivity contribution < 1.29 is 8.42 Å². The quantitative estimate of drug-likeness (QED) is 0.531. The van der Waals surface area contributed by atoms with E-state index in [2.05, 4.69) is 25.3 Å². The Balaban J connectivity index is 1.81. The van der Waals surface area contributed by atoms with Gasteiger partial charge < -0.3 is 14.9 Å². The largest absolute Gasteiger partial charge is 0.371 e. The fraction of sp³-hybridized carbons (Fsp3) is 0.278. The van der Waals surface area contributed by atoms with Crippen molar-refractivity contribution in [1.29, 1.82) is 0 Å². The molecular formula is C18H21N7O2S. The van der Waals surface area contributed by atoms with Gasteiger partial charge in [-0.2, -0.15) is 4.31 Å². The standard InChI is InChI=1S/C18H21N7O2S/c1-19-18-15-16(24(2)10-20-15)12-8-14(22-17(12)23-18)13-7-5-6-11(21-13)9-25(3)28(4,26)27/h5-8,10H,9H2,1-4H3,(H2,19,22,23). The van der Waals surface area contributed by atoms with Crippen molar-refractivity contribution in [3.05, 3.63) is 36.3 Å². The van der Waals surface area contributed by atoms with E-state index in [1.807, 2.05) is 42.9 Å². The SMILES string of the molecule is CNc1nc2[nH]c(-c3cccc(CN(C)S(C)(=O)=O)n3)cc2c2c1ncn2C. The summed E-state index contributed by atoms with van der Waals surface area (Å²) in [4.78, 5) is 17.0. The van der Waals surface area contributed by atoms with Gasteiger partial charge in [0.2, 0.25) is 10.0 Å². The normalized spacial score (nSPS) is 12.3. The summed E-state index contributed by atoms with van der Waals surface area (Å²) in [6, 6.07) is 7.56. The molecule has 0 saturated heterocycles. The predicted molar refractivity (Wildman–Crippen MR) is 109 cm³/mol. The van der Waals surface area contributed by atoms with Crippen LogP contribution in [0.5, 0.6) is 0 Å². The van der Waals surface area contributed by atoms with Crippen molar-refractivity contribution in [3.8, 4) is 11.4 Å². The minimum atomic E-state index is -3.27. The molecule has 0 saturated carbocycles. The van der Waals surface area contributed by atoms with Crippen molar-refractivity contribution >= 4 is 37.9 Å². The number of aryl methyl sites for hydroxylation is 1. The van der Waals surface area contributed by atoms with Crippen molar-refractivity contribution in [2.24, 2.45) is 7.05 Å². The van der Waals surface area contributed by atoms with Gasteiger partial charge in [0.25, 0.3) is 0 Å². The molecule has 146 valence electrons. The molecule has 0 bridgehead atoms. The molecule has 0 aliphatic heterocycles. The second-order valence-electron chi connectivity index (χ2n) is 6.74. The van der Waals surface area contributed by atoms with Crippen molar-refractivity contribution in [1.82, 2.24) is 28.8 Å². The molecule has 0 amide bonds. The Morgan fingerprint density at radius 2 is 2.07 bits per heavy atom. The Morgan fingerprint density at radius 1 is 1.29 bits per heavy atom. The number of hydrogen-bond acceptors (Lipinski definition) is 6. The predicted octanol–water partition coefficient (Wildman–Crippen LogP) is 1.94. The molecule has 28 heavy (non-hydrogen) atoms. The van der Waals surface area contributed by atoms with Gasteiger partial charge in [-0.05, 0) is 18.2 Å². The zero-order valence-corrected chi connectivity index (χ0v) is 16.9. The molecule has 0 aromatic carbocycles. The van der Waals surface area contributed by atoms with Crippen LogP contribution in [0.1, 0.15) is 5.69 Å². The van der Waals surface area contributed by atoms with E-state index in [9.17, 15) is 8.42 Å². The van der Waals surface area contributed by atoms with Crippen LogP contribution in [0.25, 0.3) is 33.5 Å². The number of imidazole rings is 1. The van der Waals surface area contributed by atoms with E-state index in [0.29, 0.717) is 11.5 Å². The van der Waals surface area contributed by atoms with E-state index < -0.39 is 10.0 Å².